The van der Waals surface area contributed by atoms with Crippen molar-refractivity contribution in [1.82, 2.24) is 14.5 Å². The number of benzene rings is 1. The molecule has 1 atom stereocenters. The molecule has 1 fully saturated rings. The average molecular weight is 334 g/mol. The third-order valence-electron chi connectivity index (χ3n) is 4.09. The SMILES string of the molecule is O=C(Cn1ccc(=O)[nH]c1=O)N1CCC(c2ccccc2Cl)C1. The van der Waals surface area contributed by atoms with Gasteiger partial charge in [0, 0.05) is 36.3 Å². The summed E-state index contributed by atoms with van der Waals surface area (Å²) in [6, 6.07) is 8.87. The predicted molar refractivity (Wildman–Crippen MR) is 86.7 cm³/mol. The van der Waals surface area contributed by atoms with Crippen molar-refractivity contribution in [1.29, 1.82) is 0 Å². The van der Waals surface area contributed by atoms with Crippen LogP contribution in [0.4, 0.5) is 0 Å². The second-order valence-electron chi connectivity index (χ2n) is 5.58. The highest BCUT2D eigenvalue weighted by atomic mass is 35.5. The van der Waals surface area contributed by atoms with Crippen LogP contribution in [-0.2, 0) is 11.3 Å². The number of carbonyl (C=O) groups is 1. The maximum absolute atomic E-state index is 12.4. The molecule has 1 N–H and O–H groups in total. The zero-order valence-electron chi connectivity index (χ0n) is 12.4. The number of hydrogen-bond acceptors (Lipinski definition) is 3. The topological polar surface area (TPSA) is 75.2 Å². The lowest BCUT2D eigenvalue weighted by molar-refractivity contribution is -0.130. The van der Waals surface area contributed by atoms with Gasteiger partial charge in [-0.3, -0.25) is 19.1 Å². The van der Waals surface area contributed by atoms with E-state index in [1.807, 2.05) is 24.3 Å². The van der Waals surface area contributed by atoms with Gasteiger partial charge in [-0.25, -0.2) is 4.79 Å². The largest absolute Gasteiger partial charge is 0.341 e. The van der Waals surface area contributed by atoms with Crippen LogP contribution in [-0.4, -0.2) is 33.4 Å². The molecule has 23 heavy (non-hydrogen) atoms. The number of aromatic amines is 1. The summed E-state index contributed by atoms with van der Waals surface area (Å²) in [5, 5.41) is 0.712. The molecule has 0 saturated carbocycles. The lowest BCUT2D eigenvalue weighted by atomic mass is 9.98. The average Bonchev–Trinajstić information content (AvgIpc) is 3.00. The number of likely N-dealkylation sites (tertiary alicyclic amines) is 1. The Hall–Kier alpha value is -2.34. The molecule has 6 nitrogen and oxygen atoms in total. The van der Waals surface area contributed by atoms with Gasteiger partial charge in [0.1, 0.15) is 6.54 Å². The van der Waals surface area contributed by atoms with Gasteiger partial charge >= 0.3 is 5.69 Å². The summed E-state index contributed by atoms with van der Waals surface area (Å²) in [6.45, 7) is 1.14. The number of halogens is 1. The van der Waals surface area contributed by atoms with Crippen molar-refractivity contribution >= 4 is 17.5 Å². The highest BCUT2D eigenvalue weighted by molar-refractivity contribution is 6.31. The van der Waals surface area contributed by atoms with Crippen LogP contribution in [0.2, 0.25) is 5.02 Å². The van der Waals surface area contributed by atoms with Crippen LogP contribution in [0.1, 0.15) is 17.9 Å². The Morgan fingerprint density at radius 1 is 1.26 bits per heavy atom. The second-order valence-corrected chi connectivity index (χ2v) is 5.99. The Morgan fingerprint density at radius 2 is 2.04 bits per heavy atom. The number of H-pyrrole nitrogens is 1. The molecular formula is C16H16ClN3O3. The Morgan fingerprint density at radius 3 is 2.78 bits per heavy atom. The van der Waals surface area contributed by atoms with Gasteiger partial charge in [0.25, 0.3) is 5.56 Å². The number of nitrogens with one attached hydrogen (secondary N) is 1. The van der Waals surface area contributed by atoms with Crippen LogP contribution >= 0.6 is 11.6 Å². The monoisotopic (exact) mass is 333 g/mol. The molecule has 0 radical (unpaired) electrons. The van der Waals surface area contributed by atoms with Crippen molar-refractivity contribution in [3.05, 3.63) is 68.0 Å². The normalized spacial score (nSPS) is 17.4. The van der Waals surface area contributed by atoms with Gasteiger partial charge in [-0.15, -0.1) is 0 Å². The van der Waals surface area contributed by atoms with Crippen molar-refractivity contribution < 1.29 is 4.79 Å². The Labute approximate surface area is 137 Å². The summed E-state index contributed by atoms with van der Waals surface area (Å²) in [5.41, 5.74) is -0.00275. The molecular weight excluding hydrogens is 318 g/mol. The maximum atomic E-state index is 12.4. The van der Waals surface area contributed by atoms with Gasteiger partial charge in [-0.1, -0.05) is 29.8 Å². The summed E-state index contributed by atoms with van der Waals surface area (Å²) in [4.78, 5) is 38.9. The van der Waals surface area contributed by atoms with E-state index in [1.54, 1.807) is 4.90 Å². The molecule has 2 heterocycles. The Balaban J connectivity index is 1.69. The van der Waals surface area contributed by atoms with Crippen molar-refractivity contribution in [3.63, 3.8) is 0 Å². The van der Waals surface area contributed by atoms with Crippen LogP contribution in [0.15, 0.2) is 46.1 Å². The standard InChI is InChI=1S/C16H16ClN3O3/c17-13-4-2-1-3-12(13)11-5-7-19(9-11)15(22)10-20-8-6-14(21)18-16(20)23/h1-4,6,8,11H,5,7,9-10H2,(H,18,21,23). The van der Waals surface area contributed by atoms with E-state index in [0.717, 1.165) is 12.0 Å². The van der Waals surface area contributed by atoms with E-state index in [0.29, 0.717) is 18.1 Å². The summed E-state index contributed by atoms with van der Waals surface area (Å²) in [7, 11) is 0. The fourth-order valence-electron chi connectivity index (χ4n) is 2.86. The summed E-state index contributed by atoms with van der Waals surface area (Å²) < 4.78 is 1.20. The van der Waals surface area contributed by atoms with Crippen LogP contribution in [0.5, 0.6) is 0 Å². The Kier molecular flexibility index (Phi) is 4.34. The lowest BCUT2D eigenvalue weighted by Crippen LogP contribution is -2.37. The third-order valence-corrected chi connectivity index (χ3v) is 4.43. The molecule has 1 aromatic carbocycles. The fourth-order valence-corrected chi connectivity index (χ4v) is 3.15. The van der Waals surface area contributed by atoms with E-state index in [1.165, 1.54) is 16.8 Å². The minimum atomic E-state index is -0.576. The maximum Gasteiger partial charge on any atom is 0.328 e. The number of hydrogen-bond donors (Lipinski definition) is 1. The minimum Gasteiger partial charge on any atom is -0.341 e. The van der Waals surface area contributed by atoms with Crippen molar-refractivity contribution in [2.24, 2.45) is 0 Å². The van der Waals surface area contributed by atoms with Crippen LogP contribution in [0.25, 0.3) is 0 Å². The first kappa shape index (κ1) is 15.6. The molecule has 1 aliphatic rings. The molecule has 120 valence electrons. The van der Waals surface area contributed by atoms with E-state index in [2.05, 4.69) is 4.98 Å². The number of amides is 1. The van der Waals surface area contributed by atoms with Crippen LogP contribution < -0.4 is 11.2 Å². The predicted octanol–water partition coefficient (Wildman–Crippen LogP) is 1.21. The molecule has 1 saturated heterocycles. The number of aromatic nitrogens is 2. The highest BCUT2D eigenvalue weighted by Gasteiger charge is 2.28. The fraction of sp³-hybridized carbons (Fsp3) is 0.312. The zero-order chi connectivity index (χ0) is 16.4. The van der Waals surface area contributed by atoms with Gasteiger partial charge in [0.15, 0.2) is 0 Å². The first-order chi connectivity index (χ1) is 11.0. The van der Waals surface area contributed by atoms with E-state index in [4.69, 9.17) is 11.6 Å². The Bertz CT molecular complexity index is 843. The smallest absolute Gasteiger partial charge is 0.328 e. The molecule has 0 spiro atoms. The molecule has 2 aromatic rings. The summed E-state index contributed by atoms with van der Waals surface area (Å²) in [5.74, 6) is 0.0636. The van der Waals surface area contributed by atoms with E-state index in [9.17, 15) is 14.4 Å². The van der Waals surface area contributed by atoms with Gasteiger partial charge in [-0.2, -0.15) is 0 Å². The molecule has 0 bridgehead atoms. The van der Waals surface area contributed by atoms with Gasteiger partial charge in [-0.05, 0) is 18.1 Å². The van der Waals surface area contributed by atoms with Gasteiger partial charge in [0.05, 0.1) is 0 Å². The minimum absolute atomic E-state index is 0.0785. The van der Waals surface area contributed by atoms with Crippen molar-refractivity contribution in [2.45, 2.75) is 18.9 Å². The number of nitrogens with zero attached hydrogens (tertiary/aromatic N) is 2. The first-order valence-electron chi connectivity index (χ1n) is 7.36. The zero-order valence-corrected chi connectivity index (χ0v) is 13.1. The van der Waals surface area contributed by atoms with E-state index >= 15 is 0 Å². The van der Waals surface area contributed by atoms with E-state index in [-0.39, 0.29) is 18.4 Å². The summed E-state index contributed by atoms with van der Waals surface area (Å²) >= 11 is 6.21. The van der Waals surface area contributed by atoms with Gasteiger partial charge < -0.3 is 4.90 Å². The van der Waals surface area contributed by atoms with Crippen LogP contribution in [0.3, 0.4) is 0 Å². The highest BCUT2D eigenvalue weighted by Crippen LogP contribution is 2.31. The molecule has 1 amide bonds. The van der Waals surface area contributed by atoms with Crippen molar-refractivity contribution in [3.8, 4) is 0 Å². The van der Waals surface area contributed by atoms with E-state index < -0.39 is 11.2 Å². The molecule has 1 aliphatic heterocycles. The quantitative estimate of drug-likeness (QED) is 0.917. The van der Waals surface area contributed by atoms with Crippen LogP contribution in [0, 0.1) is 0 Å². The number of rotatable bonds is 3. The summed E-state index contributed by atoms with van der Waals surface area (Å²) in [6.07, 6.45) is 2.18. The third kappa shape index (κ3) is 3.37. The molecule has 3 rings (SSSR count). The van der Waals surface area contributed by atoms with Gasteiger partial charge in [0.2, 0.25) is 5.91 Å². The molecule has 1 aromatic heterocycles. The lowest BCUT2D eigenvalue weighted by Gasteiger charge is -2.17. The van der Waals surface area contributed by atoms with Crippen molar-refractivity contribution in [2.75, 3.05) is 13.1 Å². The second kappa shape index (κ2) is 6.42. The molecule has 0 aliphatic carbocycles. The molecule has 7 heteroatoms. The first-order valence-corrected chi connectivity index (χ1v) is 7.74. The molecule has 1 unspecified atom stereocenters. The number of carbonyl (C=O) groups excluding carboxylic acids is 1.